The van der Waals surface area contributed by atoms with E-state index in [-0.39, 0.29) is 24.4 Å². The van der Waals surface area contributed by atoms with Gasteiger partial charge in [0, 0.05) is 37.9 Å². The Morgan fingerprint density at radius 3 is 2.54 bits per heavy atom. The summed E-state index contributed by atoms with van der Waals surface area (Å²) in [6.45, 7) is 6.64. The van der Waals surface area contributed by atoms with Crippen molar-refractivity contribution in [3.05, 3.63) is 18.0 Å². The maximum Gasteiger partial charge on any atom is 0.271 e. The molecule has 1 amide bonds. The van der Waals surface area contributed by atoms with Crippen molar-refractivity contribution < 1.29 is 4.79 Å². The molecule has 158 valence electrons. The van der Waals surface area contributed by atoms with Gasteiger partial charge in [0.15, 0.2) is 0 Å². The van der Waals surface area contributed by atoms with Crippen molar-refractivity contribution in [3.63, 3.8) is 0 Å². The predicted octanol–water partition coefficient (Wildman–Crippen LogP) is 1.52. The van der Waals surface area contributed by atoms with Gasteiger partial charge in [0.05, 0.1) is 6.04 Å². The molecular formula is C20H35ClN6O. The number of carbonyl (C=O) groups excluding carboxylic acids is 1. The first-order valence-corrected chi connectivity index (χ1v) is 10.7. The van der Waals surface area contributed by atoms with Crippen LogP contribution in [0.2, 0.25) is 0 Å². The lowest BCUT2D eigenvalue weighted by atomic mass is 9.98. The quantitative estimate of drug-likeness (QED) is 0.787. The molecule has 3 aliphatic heterocycles. The Balaban J connectivity index is 0.00000225. The van der Waals surface area contributed by atoms with Crippen LogP contribution in [0, 0.1) is 0 Å². The van der Waals surface area contributed by atoms with Gasteiger partial charge in [0.25, 0.3) is 5.91 Å². The number of piperidine rings is 3. The third kappa shape index (κ3) is 5.26. The lowest BCUT2D eigenvalue weighted by Crippen LogP contribution is -2.50. The van der Waals surface area contributed by atoms with Crippen molar-refractivity contribution in [2.75, 3.05) is 46.3 Å². The second-order valence-corrected chi connectivity index (χ2v) is 8.50. The minimum atomic E-state index is -0.0183. The average molecular weight is 411 g/mol. The minimum Gasteiger partial charge on any atom is -0.348 e. The highest BCUT2D eigenvalue weighted by atomic mass is 35.5. The fourth-order valence-electron chi connectivity index (χ4n) is 4.75. The van der Waals surface area contributed by atoms with E-state index in [1.165, 1.54) is 32.4 Å². The topological polar surface area (TPSA) is 65.4 Å². The smallest absolute Gasteiger partial charge is 0.271 e. The summed E-state index contributed by atoms with van der Waals surface area (Å²) in [6.07, 6.45) is 8.90. The van der Waals surface area contributed by atoms with E-state index < -0.39 is 0 Å². The van der Waals surface area contributed by atoms with E-state index in [0.29, 0.717) is 11.7 Å². The van der Waals surface area contributed by atoms with Crippen molar-refractivity contribution >= 4 is 18.3 Å². The molecular weight excluding hydrogens is 376 g/mol. The summed E-state index contributed by atoms with van der Waals surface area (Å²) < 4.78 is 1.96. The number of halogens is 1. The first-order chi connectivity index (χ1) is 13.2. The van der Waals surface area contributed by atoms with Gasteiger partial charge in [-0.1, -0.05) is 0 Å². The average Bonchev–Trinajstić information content (AvgIpc) is 3.20. The zero-order valence-electron chi connectivity index (χ0n) is 17.0. The summed E-state index contributed by atoms with van der Waals surface area (Å²) in [6, 6.07) is 3.25. The summed E-state index contributed by atoms with van der Waals surface area (Å²) in [5, 5.41) is 11.2. The van der Waals surface area contributed by atoms with Gasteiger partial charge in [-0.05, 0) is 71.3 Å². The molecule has 4 rings (SSSR count). The molecule has 1 unspecified atom stereocenters. The molecule has 0 saturated carbocycles. The Kier molecular flexibility index (Phi) is 7.74. The number of nitrogens with one attached hydrogen (secondary N) is 2. The molecule has 28 heavy (non-hydrogen) atoms. The number of aromatic nitrogens is 2. The Bertz CT molecular complexity index is 616. The van der Waals surface area contributed by atoms with Gasteiger partial charge in [-0.2, -0.15) is 5.10 Å². The molecule has 3 fully saturated rings. The van der Waals surface area contributed by atoms with E-state index >= 15 is 0 Å². The summed E-state index contributed by atoms with van der Waals surface area (Å²) in [7, 11) is 2.21. The Morgan fingerprint density at radius 1 is 1.11 bits per heavy atom. The third-order valence-corrected chi connectivity index (χ3v) is 6.56. The second-order valence-electron chi connectivity index (χ2n) is 8.50. The lowest BCUT2D eigenvalue weighted by Gasteiger charge is -2.41. The molecule has 3 saturated heterocycles. The van der Waals surface area contributed by atoms with Crippen LogP contribution in [0.25, 0.3) is 0 Å². The number of carbonyl (C=O) groups is 1. The van der Waals surface area contributed by atoms with Crippen molar-refractivity contribution in [1.82, 2.24) is 30.2 Å². The zero-order valence-corrected chi connectivity index (χ0v) is 17.8. The number of hydrogen-bond acceptors (Lipinski definition) is 5. The molecule has 4 heterocycles. The minimum absolute atomic E-state index is 0. The highest BCUT2D eigenvalue weighted by Gasteiger charge is 2.28. The van der Waals surface area contributed by atoms with E-state index in [0.717, 1.165) is 51.5 Å². The highest BCUT2D eigenvalue weighted by Crippen LogP contribution is 2.21. The van der Waals surface area contributed by atoms with Gasteiger partial charge in [-0.15, -0.1) is 12.4 Å². The van der Waals surface area contributed by atoms with E-state index in [2.05, 4.69) is 32.6 Å². The van der Waals surface area contributed by atoms with Crippen LogP contribution in [-0.4, -0.2) is 83.9 Å². The molecule has 0 radical (unpaired) electrons. The standard InChI is InChI=1S/C20H34N6O.ClH/c1-24-10-6-17(7-11-24)25-12-4-16(5-13-25)22-20(27)19-8-14-26(23-19)18-3-2-9-21-15-18;/h8,14,16-18,21H,2-7,9-13,15H2,1H3,(H,22,27);1H. The van der Waals surface area contributed by atoms with E-state index in [1.807, 2.05) is 16.9 Å². The lowest BCUT2D eigenvalue weighted by molar-refractivity contribution is 0.0803. The molecule has 2 N–H and O–H groups in total. The summed E-state index contributed by atoms with van der Waals surface area (Å²) in [5.41, 5.74) is 0.554. The van der Waals surface area contributed by atoms with Crippen LogP contribution in [0.15, 0.2) is 12.3 Å². The Hall–Kier alpha value is -1.15. The molecule has 1 aromatic rings. The van der Waals surface area contributed by atoms with Gasteiger partial charge in [-0.3, -0.25) is 9.48 Å². The van der Waals surface area contributed by atoms with Gasteiger partial charge >= 0.3 is 0 Å². The SMILES string of the molecule is CN1CCC(N2CCC(NC(=O)c3ccn(C4CCCNC4)n3)CC2)CC1.Cl. The number of nitrogens with zero attached hydrogens (tertiary/aromatic N) is 4. The van der Waals surface area contributed by atoms with Crippen LogP contribution in [0.5, 0.6) is 0 Å². The molecule has 7 nitrogen and oxygen atoms in total. The van der Waals surface area contributed by atoms with Gasteiger partial charge < -0.3 is 20.4 Å². The van der Waals surface area contributed by atoms with Crippen molar-refractivity contribution in [2.45, 2.75) is 56.7 Å². The number of likely N-dealkylation sites (tertiary alicyclic amines) is 2. The normalized spacial score (nSPS) is 26.0. The zero-order chi connectivity index (χ0) is 18.6. The van der Waals surface area contributed by atoms with Crippen LogP contribution in [0.3, 0.4) is 0 Å². The predicted molar refractivity (Wildman–Crippen MR) is 113 cm³/mol. The van der Waals surface area contributed by atoms with Crippen molar-refractivity contribution in [1.29, 1.82) is 0 Å². The Labute approximate surface area is 174 Å². The van der Waals surface area contributed by atoms with Gasteiger partial charge in [0.2, 0.25) is 0 Å². The molecule has 0 aliphatic carbocycles. The van der Waals surface area contributed by atoms with Crippen LogP contribution in [-0.2, 0) is 0 Å². The number of rotatable bonds is 4. The van der Waals surface area contributed by atoms with E-state index in [1.54, 1.807) is 0 Å². The fourth-order valence-corrected chi connectivity index (χ4v) is 4.75. The van der Waals surface area contributed by atoms with E-state index in [9.17, 15) is 4.79 Å². The maximum atomic E-state index is 12.6. The van der Waals surface area contributed by atoms with Crippen molar-refractivity contribution in [3.8, 4) is 0 Å². The van der Waals surface area contributed by atoms with Gasteiger partial charge in [-0.25, -0.2) is 0 Å². The second kappa shape index (κ2) is 10.1. The largest absolute Gasteiger partial charge is 0.348 e. The molecule has 8 heteroatoms. The molecule has 0 spiro atoms. The van der Waals surface area contributed by atoms with E-state index in [4.69, 9.17) is 0 Å². The van der Waals surface area contributed by atoms with Crippen LogP contribution >= 0.6 is 12.4 Å². The van der Waals surface area contributed by atoms with Crippen LogP contribution in [0.1, 0.15) is 55.1 Å². The molecule has 3 aliphatic rings. The van der Waals surface area contributed by atoms with Crippen LogP contribution in [0.4, 0.5) is 0 Å². The summed E-state index contributed by atoms with van der Waals surface area (Å²) in [4.78, 5) is 17.7. The summed E-state index contributed by atoms with van der Waals surface area (Å²) >= 11 is 0. The highest BCUT2D eigenvalue weighted by molar-refractivity contribution is 5.92. The van der Waals surface area contributed by atoms with Crippen molar-refractivity contribution in [2.24, 2.45) is 0 Å². The first kappa shape index (κ1) is 21.6. The van der Waals surface area contributed by atoms with Gasteiger partial charge in [0.1, 0.15) is 5.69 Å². The monoisotopic (exact) mass is 410 g/mol. The number of amides is 1. The third-order valence-electron chi connectivity index (χ3n) is 6.56. The molecule has 0 bridgehead atoms. The molecule has 1 aromatic heterocycles. The fraction of sp³-hybridized carbons (Fsp3) is 0.800. The maximum absolute atomic E-state index is 12.6. The first-order valence-electron chi connectivity index (χ1n) is 10.7. The Morgan fingerprint density at radius 2 is 1.86 bits per heavy atom. The molecule has 0 aromatic carbocycles. The number of hydrogen-bond donors (Lipinski definition) is 2. The molecule has 1 atom stereocenters. The van der Waals surface area contributed by atoms with Crippen LogP contribution < -0.4 is 10.6 Å². The summed E-state index contributed by atoms with van der Waals surface area (Å²) in [5.74, 6) is -0.0183.